The highest BCUT2D eigenvalue weighted by atomic mass is 35.5. The number of rotatable bonds is 8. The molecule has 0 radical (unpaired) electrons. The van der Waals surface area contributed by atoms with Gasteiger partial charge in [-0.25, -0.2) is 0 Å². The van der Waals surface area contributed by atoms with Crippen molar-refractivity contribution < 1.29 is 0 Å². The second-order valence-corrected chi connectivity index (χ2v) is 8.23. The first-order valence-electron chi connectivity index (χ1n) is 9.31. The van der Waals surface area contributed by atoms with Gasteiger partial charge in [0.1, 0.15) is 0 Å². The zero-order valence-electron chi connectivity index (χ0n) is 15.8. The predicted molar refractivity (Wildman–Crippen MR) is 125 cm³/mol. The highest BCUT2D eigenvalue weighted by Crippen LogP contribution is 2.30. The summed E-state index contributed by atoms with van der Waals surface area (Å²) in [5.41, 5.74) is 4.79. The minimum Gasteiger partial charge on any atom is -0.314 e. The third-order valence-corrected chi connectivity index (χ3v) is 6.01. The Hall–Kier alpha value is -1.71. The molecule has 0 saturated heterocycles. The van der Waals surface area contributed by atoms with E-state index in [0.717, 1.165) is 24.4 Å². The summed E-state index contributed by atoms with van der Waals surface area (Å²) in [6.45, 7) is 3.93. The van der Waals surface area contributed by atoms with E-state index in [1.165, 1.54) is 21.6 Å². The molecule has 0 unspecified atom stereocenters. The molecule has 0 aromatic heterocycles. The van der Waals surface area contributed by atoms with E-state index in [1.54, 1.807) is 17.8 Å². The number of hydrogen-bond donors (Lipinski definition) is 1. The van der Waals surface area contributed by atoms with E-state index in [1.807, 2.05) is 18.2 Å². The molecule has 0 bridgehead atoms. The summed E-state index contributed by atoms with van der Waals surface area (Å²) < 4.78 is 0. The van der Waals surface area contributed by atoms with Crippen LogP contribution >= 0.6 is 35.0 Å². The summed E-state index contributed by atoms with van der Waals surface area (Å²) in [5, 5.41) is 4.76. The fraction of sp³-hybridized carbons (Fsp3) is 0.167. The SMILES string of the molecule is CCNCC=C(c1ccccc1)c1ccc(SCc2ccc(Cl)cc2Cl)cc1. The van der Waals surface area contributed by atoms with Gasteiger partial charge in [-0.15, -0.1) is 11.8 Å². The van der Waals surface area contributed by atoms with Gasteiger partial charge in [-0.1, -0.05) is 84.7 Å². The molecule has 0 fully saturated rings. The van der Waals surface area contributed by atoms with E-state index < -0.39 is 0 Å². The first-order valence-corrected chi connectivity index (χ1v) is 11.0. The summed E-state index contributed by atoms with van der Waals surface area (Å²) in [4.78, 5) is 1.22. The van der Waals surface area contributed by atoms with Crippen LogP contribution in [0.15, 0.2) is 83.8 Å². The maximum atomic E-state index is 6.28. The van der Waals surface area contributed by atoms with Crippen LogP contribution in [-0.4, -0.2) is 13.1 Å². The smallest absolute Gasteiger partial charge is 0.0461 e. The third kappa shape index (κ3) is 5.89. The Morgan fingerprint density at radius 3 is 2.32 bits per heavy atom. The van der Waals surface area contributed by atoms with Gasteiger partial charge in [0.25, 0.3) is 0 Å². The zero-order chi connectivity index (χ0) is 19.8. The lowest BCUT2D eigenvalue weighted by molar-refractivity contribution is 0.800. The van der Waals surface area contributed by atoms with Gasteiger partial charge in [-0.3, -0.25) is 0 Å². The van der Waals surface area contributed by atoms with Crippen molar-refractivity contribution in [2.75, 3.05) is 13.1 Å². The van der Waals surface area contributed by atoms with E-state index in [2.05, 4.69) is 66.8 Å². The average molecular weight is 428 g/mol. The third-order valence-electron chi connectivity index (χ3n) is 4.36. The molecular formula is C24H23Cl2NS. The molecular weight excluding hydrogens is 405 g/mol. The predicted octanol–water partition coefficient (Wildman–Crippen LogP) is 7.33. The van der Waals surface area contributed by atoms with Gasteiger partial charge in [0.2, 0.25) is 0 Å². The molecule has 3 aromatic carbocycles. The summed E-state index contributed by atoms with van der Waals surface area (Å²) in [5.74, 6) is 0.817. The summed E-state index contributed by atoms with van der Waals surface area (Å²) in [6.07, 6.45) is 2.26. The molecule has 0 aliphatic carbocycles. The molecule has 3 rings (SSSR count). The van der Waals surface area contributed by atoms with Gasteiger partial charge >= 0.3 is 0 Å². The molecule has 0 amide bonds. The Balaban J connectivity index is 1.74. The minimum atomic E-state index is 0.667. The molecule has 144 valence electrons. The van der Waals surface area contributed by atoms with Gasteiger partial charge in [0, 0.05) is 27.2 Å². The van der Waals surface area contributed by atoms with Crippen LogP contribution in [0.4, 0.5) is 0 Å². The van der Waals surface area contributed by atoms with Crippen molar-refractivity contribution in [3.05, 3.63) is 106 Å². The Morgan fingerprint density at radius 2 is 1.64 bits per heavy atom. The van der Waals surface area contributed by atoms with Gasteiger partial charge in [-0.05, 0) is 53.1 Å². The Bertz CT molecular complexity index is 921. The number of thioether (sulfide) groups is 1. The standard InChI is InChI=1S/C24H23Cl2NS/c1-2-27-15-14-23(18-6-4-3-5-7-18)19-9-12-22(13-10-19)28-17-20-8-11-21(25)16-24(20)26/h3-14,16,27H,2,15,17H2,1H3. The molecule has 4 heteroatoms. The average Bonchev–Trinajstić information content (AvgIpc) is 2.72. The van der Waals surface area contributed by atoms with Crippen LogP contribution in [0, 0.1) is 0 Å². The van der Waals surface area contributed by atoms with Crippen molar-refractivity contribution in [3.8, 4) is 0 Å². The van der Waals surface area contributed by atoms with E-state index >= 15 is 0 Å². The number of halogens is 2. The monoisotopic (exact) mass is 427 g/mol. The van der Waals surface area contributed by atoms with E-state index in [0.29, 0.717) is 10.0 Å². The fourth-order valence-electron chi connectivity index (χ4n) is 2.87. The van der Waals surface area contributed by atoms with Crippen molar-refractivity contribution >= 4 is 40.5 Å². The largest absolute Gasteiger partial charge is 0.314 e. The fourth-order valence-corrected chi connectivity index (χ4v) is 4.33. The highest BCUT2D eigenvalue weighted by molar-refractivity contribution is 7.98. The zero-order valence-corrected chi connectivity index (χ0v) is 18.1. The molecule has 0 aliphatic heterocycles. The Labute approximate surface area is 181 Å². The number of hydrogen-bond acceptors (Lipinski definition) is 2. The lowest BCUT2D eigenvalue weighted by atomic mass is 9.97. The normalized spacial score (nSPS) is 11.6. The molecule has 1 N–H and O–H groups in total. The Kier molecular flexibility index (Phi) is 8.05. The Morgan fingerprint density at radius 1 is 0.929 bits per heavy atom. The summed E-state index contributed by atoms with van der Waals surface area (Å²) in [6, 6.07) is 24.9. The molecule has 0 atom stereocenters. The number of benzene rings is 3. The molecule has 28 heavy (non-hydrogen) atoms. The topological polar surface area (TPSA) is 12.0 Å². The van der Waals surface area contributed by atoms with Gasteiger partial charge in [0.05, 0.1) is 0 Å². The highest BCUT2D eigenvalue weighted by Gasteiger charge is 2.06. The summed E-state index contributed by atoms with van der Waals surface area (Å²) in [7, 11) is 0. The first kappa shape index (κ1) is 21.0. The second-order valence-electron chi connectivity index (χ2n) is 6.34. The van der Waals surface area contributed by atoms with Crippen molar-refractivity contribution in [2.24, 2.45) is 0 Å². The van der Waals surface area contributed by atoms with E-state index in [-0.39, 0.29) is 0 Å². The number of likely N-dealkylation sites (N-methyl/N-ethyl adjacent to an activating group) is 1. The van der Waals surface area contributed by atoms with Crippen LogP contribution in [0.1, 0.15) is 23.6 Å². The van der Waals surface area contributed by atoms with Crippen molar-refractivity contribution in [1.82, 2.24) is 5.32 Å². The quantitative estimate of drug-likeness (QED) is 0.298. The maximum absolute atomic E-state index is 6.28. The summed E-state index contributed by atoms with van der Waals surface area (Å²) >= 11 is 14.0. The first-order chi connectivity index (χ1) is 13.7. The van der Waals surface area contributed by atoms with Gasteiger partial charge in [0.15, 0.2) is 0 Å². The lowest BCUT2D eigenvalue weighted by Crippen LogP contribution is -2.12. The molecule has 3 aromatic rings. The van der Waals surface area contributed by atoms with Gasteiger partial charge in [-0.2, -0.15) is 0 Å². The van der Waals surface area contributed by atoms with Crippen LogP contribution in [0.3, 0.4) is 0 Å². The molecule has 0 saturated carbocycles. The molecule has 1 nitrogen and oxygen atoms in total. The van der Waals surface area contributed by atoms with Crippen molar-refractivity contribution in [1.29, 1.82) is 0 Å². The number of nitrogens with one attached hydrogen (secondary N) is 1. The van der Waals surface area contributed by atoms with Crippen LogP contribution in [-0.2, 0) is 5.75 Å². The molecule has 0 aliphatic rings. The lowest BCUT2D eigenvalue weighted by Gasteiger charge is -2.11. The van der Waals surface area contributed by atoms with Crippen LogP contribution < -0.4 is 5.32 Å². The second kappa shape index (κ2) is 10.7. The van der Waals surface area contributed by atoms with E-state index in [4.69, 9.17) is 23.2 Å². The van der Waals surface area contributed by atoms with Crippen LogP contribution in [0.2, 0.25) is 10.0 Å². The minimum absolute atomic E-state index is 0.667. The van der Waals surface area contributed by atoms with Crippen LogP contribution in [0.25, 0.3) is 5.57 Å². The van der Waals surface area contributed by atoms with E-state index in [9.17, 15) is 0 Å². The molecule has 0 spiro atoms. The van der Waals surface area contributed by atoms with Crippen molar-refractivity contribution in [3.63, 3.8) is 0 Å². The maximum Gasteiger partial charge on any atom is 0.0461 e. The molecule has 0 heterocycles. The van der Waals surface area contributed by atoms with Gasteiger partial charge < -0.3 is 5.32 Å². The van der Waals surface area contributed by atoms with Crippen LogP contribution in [0.5, 0.6) is 0 Å². The van der Waals surface area contributed by atoms with Crippen molar-refractivity contribution in [2.45, 2.75) is 17.6 Å².